The Morgan fingerprint density at radius 1 is 0.889 bits per heavy atom. The normalized spacial score (nSPS) is 12.3. The lowest BCUT2D eigenvalue weighted by atomic mass is 10.0. The molecule has 0 saturated heterocycles. The Morgan fingerprint density at radius 3 is 2.17 bits per heavy atom. The summed E-state index contributed by atoms with van der Waals surface area (Å²) < 4.78 is 0. The van der Waals surface area contributed by atoms with Crippen molar-refractivity contribution in [2.24, 2.45) is 0 Å². The Bertz CT molecular complexity index is 436. The minimum atomic E-state index is 0.571. The lowest BCUT2D eigenvalue weighted by molar-refractivity contribution is 0.615. The van der Waals surface area contributed by atoms with Crippen LogP contribution >= 0.6 is 0 Å². The molecule has 18 heavy (non-hydrogen) atoms. The molecule has 94 valence electrons. The first-order chi connectivity index (χ1) is 8.86. The van der Waals surface area contributed by atoms with E-state index in [9.17, 15) is 0 Å². The molecule has 0 aromatic heterocycles. The minimum Gasteiger partial charge on any atom is -0.316 e. The predicted octanol–water partition coefficient (Wildman–Crippen LogP) is 3.62. The van der Waals surface area contributed by atoms with Gasteiger partial charge in [0.25, 0.3) is 0 Å². The maximum atomic E-state index is 3.53. The van der Waals surface area contributed by atoms with Crippen LogP contribution in [0.15, 0.2) is 60.7 Å². The number of benzene rings is 2. The number of hydrogen-bond acceptors (Lipinski definition) is 1. The van der Waals surface area contributed by atoms with Crippen molar-refractivity contribution in [2.45, 2.75) is 19.3 Å². The van der Waals surface area contributed by atoms with E-state index in [0.717, 1.165) is 19.5 Å². The van der Waals surface area contributed by atoms with E-state index in [0.29, 0.717) is 5.92 Å². The van der Waals surface area contributed by atoms with Crippen LogP contribution in [-0.4, -0.2) is 13.1 Å². The van der Waals surface area contributed by atoms with Gasteiger partial charge in [0, 0.05) is 6.54 Å². The Morgan fingerprint density at radius 2 is 1.50 bits per heavy atom. The van der Waals surface area contributed by atoms with E-state index >= 15 is 0 Å². The van der Waals surface area contributed by atoms with Crippen molar-refractivity contribution < 1.29 is 0 Å². The summed E-state index contributed by atoms with van der Waals surface area (Å²) in [4.78, 5) is 0. The highest BCUT2D eigenvalue weighted by Crippen LogP contribution is 2.12. The van der Waals surface area contributed by atoms with Gasteiger partial charge in [-0.25, -0.2) is 0 Å². The Kier molecular flexibility index (Phi) is 4.98. The van der Waals surface area contributed by atoms with Crippen LogP contribution in [-0.2, 0) is 6.42 Å². The van der Waals surface area contributed by atoms with Crippen molar-refractivity contribution in [3.05, 3.63) is 71.8 Å². The van der Waals surface area contributed by atoms with Crippen molar-refractivity contribution in [3.8, 4) is 0 Å². The molecular formula is C17H21N. The van der Waals surface area contributed by atoms with Gasteiger partial charge in [0.1, 0.15) is 0 Å². The molecule has 0 aliphatic carbocycles. The Balaban J connectivity index is 1.70. The summed E-state index contributed by atoms with van der Waals surface area (Å²) in [5.41, 5.74) is 2.81. The molecule has 0 unspecified atom stereocenters. The minimum absolute atomic E-state index is 0.571. The molecule has 0 aliphatic rings. The van der Waals surface area contributed by atoms with Crippen molar-refractivity contribution in [3.63, 3.8) is 0 Å². The molecule has 2 aromatic carbocycles. The molecule has 1 N–H and O–H groups in total. The average Bonchev–Trinajstić information content (AvgIpc) is 2.45. The van der Waals surface area contributed by atoms with Crippen molar-refractivity contribution in [1.29, 1.82) is 0 Å². The molecule has 0 fully saturated rings. The van der Waals surface area contributed by atoms with Gasteiger partial charge in [-0.2, -0.15) is 0 Å². The first-order valence-corrected chi connectivity index (χ1v) is 6.66. The topological polar surface area (TPSA) is 12.0 Å². The van der Waals surface area contributed by atoms with Crippen LogP contribution in [0, 0.1) is 0 Å². The van der Waals surface area contributed by atoms with E-state index in [-0.39, 0.29) is 0 Å². The fraction of sp³-hybridized carbons (Fsp3) is 0.294. The van der Waals surface area contributed by atoms with Gasteiger partial charge in [-0.15, -0.1) is 0 Å². The van der Waals surface area contributed by atoms with Crippen molar-refractivity contribution in [1.82, 2.24) is 5.32 Å². The summed E-state index contributed by atoms with van der Waals surface area (Å²) in [6.45, 7) is 4.35. The smallest absolute Gasteiger partial charge is 0.00176 e. The van der Waals surface area contributed by atoms with Gasteiger partial charge >= 0.3 is 0 Å². The van der Waals surface area contributed by atoms with Crippen LogP contribution in [0.3, 0.4) is 0 Å². The monoisotopic (exact) mass is 239 g/mol. The lowest BCUT2D eigenvalue weighted by Gasteiger charge is -2.13. The molecule has 1 heteroatoms. The second-order valence-corrected chi connectivity index (χ2v) is 4.75. The summed E-state index contributed by atoms with van der Waals surface area (Å²) in [6.07, 6.45) is 1.10. The third-order valence-corrected chi connectivity index (χ3v) is 3.25. The first-order valence-electron chi connectivity index (χ1n) is 6.66. The van der Waals surface area contributed by atoms with Gasteiger partial charge in [-0.1, -0.05) is 67.6 Å². The van der Waals surface area contributed by atoms with Crippen LogP contribution in [0.1, 0.15) is 24.0 Å². The van der Waals surface area contributed by atoms with E-state index in [1.165, 1.54) is 11.1 Å². The fourth-order valence-corrected chi connectivity index (χ4v) is 2.10. The average molecular weight is 239 g/mol. The summed E-state index contributed by atoms with van der Waals surface area (Å²) in [6, 6.07) is 21.3. The number of rotatable bonds is 6. The highest BCUT2D eigenvalue weighted by Gasteiger charge is 2.03. The van der Waals surface area contributed by atoms with Crippen LogP contribution in [0.2, 0.25) is 0 Å². The molecule has 1 atom stereocenters. The molecular weight excluding hydrogens is 218 g/mol. The predicted molar refractivity (Wildman–Crippen MR) is 77.9 cm³/mol. The van der Waals surface area contributed by atoms with Crippen molar-refractivity contribution >= 4 is 0 Å². The standard InChI is InChI=1S/C17H21N/c1-15(17-10-6-3-7-11-17)14-18-13-12-16-8-4-2-5-9-16/h2-11,15,18H,12-14H2,1H3/t15-/m0/s1. The first kappa shape index (κ1) is 12.8. The molecule has 2 rings (SSSR count). The molecule has 0 saturated carbocycles. The van der Waals surface area contributed by atoms with E-state index in [1.807, 2.05) is 0 Å². The van der Waals surface area contributed by atoms with Gasteiger partial charge in [-0.3, -0.25) is 0 Å². The van der Waals surface area contributed by atoms with Gasteiger partial charge < -0.3 is 5.32 Å². The molecule has 0 amide bonds. The van der Waals surface area contributed by atoms with Gasteiger partial charge in [0.05, 0.1) is 0 Å². The zero-order valence-corrected chi connectivity index (χ0v) is 11.0. The van der Waals surface area contributed by atoms with Gasteiger partial charge in [0.2, 0.25) is 0 Å². The van der Waals surface area contributed by atoms with Crippen molar-refractivity contribution in [2.75, 3.05) is 13.1 Å². The SMILES string of the molecule is C[C@@H](CNCCc1ccccc1)c1ccccc1. The zero-order valence-electron chi connectivity index (χ0n) is 11.0. The quantitative estimate of drug-likeness (QED) is 0.759. The van der Waals surface area contributed by atoms with E-state index in [2.05, 4.69) is 72.9 Å². The van der Waals surface area contributed by atoms with Crippen LogP contribution < -0.4 is 5.32 Å². The highest BCUT2D eigenvalue weighted by molar-refractivity contribution is 5.19. The van der Waals surface area contributed by atoms with Crippen LogP contribution in [0.5, 0.6) is 0 Å². The summed E-state index contributed by atoms with van der Waals surface area (Å²) in [5.74, 6) is 0.571. The summed E-state index contributed by atoms with van der Waals surface area (Å²) in [5, 5.41) is 3.53. The van der Waals surface area contributed by atoms with Crippen LogP contribution in [0.4, 0.5) is 0 Å². The second-order valence-electron chi connectivity index (χ2n) is 4.75. The molecule has 2 aromatic rings. The number of hydrogen-bond donors (Lipinski definition) is 1. The second kappa shape index (κ2) is 6.97. The number of nitrogens with one attached hydrogen (secondary N) is 1. The molecule has 0 heterocycles. The third kappa shape index (κ3) is 4.01. The maximum Gasteiger partial charge on any atom is 0.00176 e. The molecule has 0 bridgehead atoms. The molecule has 0 spiro atoms. The molecule has 0 radical (unpaired) electrons. The Hall–Kier alpha value is -1.60. The molecule has 0 aliphatic heterocycles. The van der Waals surface area contributed by atoms with E-state index in [1.54, 1.807) is 0 Å². The van der Waals surface area contributed by atoms with E-state index in [4.69, 9.17) is 0 Å². The summed E-state index contributed by atoms with van der Waals surface area (Å²) >= 11 is 0. The third-order valence-electron chi connectivity index (χ3n) is 3.25. The maximum absolute atomic E-state index is 3.53. The largest absolute Gasteiger partial charge is 0.316 e. The van der Waals surface area contributed by atoms with Crippen LogP contribution in [0.25, 0.3) is 0 Å². The molecule has 1 nitrogen and oxygen atoms in total. The lowest BCUT2D eigenvalue weighted by Crippen LogP contribution is -2.22. The zero-order chi connectivity index (χ0) is 12.6. The highest BCUT2D eigenvalue weighted by atomic mass is 14.8. The van der Waals surface area contributed by atoms with E-state index < -0.39 is 0 Å². The van der Waals surface area contributed by atoms with Gasteiger partial charge in [-0.05, 0) is 30.0 Å². The van der Waals surface area contributed by atoms with Gasteiger partial charge in [0.15, 0.2) is 0 Å². The summed E-state index contributed by atoms with van der Waals surface area (Å²) in [7, 11) is 0. The Labute approximate surface area is 110 Å². The fourth-order valence-electron chi connectivity index (χ4n) is 2.10.